The van der Waals surface area contributed by atoms with E-state index in [9.17, 15) is 5.11 Å². The van der Waals surface area contributed by atoms with Crippen LogP contribution in [0.3, 0.4) is 0 Å². The third kappa shape index (κ3) is 2.65. The second-order valence-corrected chi connectivity index (χ2v) is 4.58. The van der Waals surface area contributed by atoms with Crippen LogP contribution in [0.5, 0.6) is 5.88 Å². The summed E-state index contributed by atoms with van der Waals surface area (Å²) in [5, 5.41) is 9.54. The van der Waals surface area contributed by atoms with Crippen LogP contribution in [0.1, 0.15) is 45.2 Å². The topological polar surface area (TPSA) is 55.2 Å². The number of hydrogen-bond acceptors (Lipinski definition) is 4. The van der Waals surface area contributed by atoms with Crippen LogP contribution in [-0.4, -0.2) is 22.2 Å². The van der Waals surface area contributed by atoms with Gasteiger partial charge in [-0.05, 0) is 6.92 Å². The first-order chi connectivity index (χ1) is 6.86. The number of hydrogen-bond donors (Lipinski definition) is 1. The predicted octanol–water partition coefficient (Wildman–Crippen LogP) is 1.84. The van der Waals surface area contributed by atoms with E-state index in [0.717, 1.165) is 5.69 Å². The summed E-state index contributed by atoms with van der Waals surface area (Å²) in [6, 6.07) is 0. The number of aliphatic hydroxyl groups is 1. The smallest absolute Gasteiger partial charge is 0.238 e. The highest BCUT2D eigenvalue weighted by Gasteiger charge is 2.20. The van der Waals surface area contributed by atoms with Crippen molar-refractivity contribution in [2.45, 2.75) is 39.2 Å². The van der Waals surface area contributed by atoms with Crippen molar-refractivity contribution < 1.29 is 9.84 Å². The Labute approximate surface area is 90.3 Å². The zero-order valence-electron chi connectivity index (χ0n) is 9.90. The molecule has 0 aliphatic heterocycles. The molecule has 4 heteroatoms. The van der Waals surface area contributed by atoms with Crippen LogP contribution in [0, 0.1) is 0 Å². The van der Waals surface area contributed by atoms with Crippen molar-refractivity contribution in [3.8, 4) is 5.88 Å². The van der Waals surface area contributed by atoms with Gasteiger partial charge >= 0.3 is 0 Å². The zero-order valence-corrected chi connectivity index (χ0v) is 9.90. The molecule has 15 heavy (non-hydrogen) atoms. The Morgan fingerprint density at radius 3 is 2.40 bits per heavy atom. The molecule has 0 amide bonds. The standard InChI is InChI=1S/C11H18N2O2/c1-7(14)9-10(15-5)12-6-8(13-9)11(2,3)4/h6-7,14H,1-5H3. The Kier molecular flexibility index (Phi) is 3.29. The molecule has 1 rings (SSSR count). The van der Waals surface area contributed by atoms with Gasteiger partial charge in [0.2, 0.25) is 5.88 Å². The third-order valence-electron chi connectivity index (χ3n) is 2.12. The van der Waals surface area contributed by atoms with Crippen molar-refractivity contribution in [2.75, 3.05) is 7.11 Å². The van der Waals surface area contributed by atoms with E-state index in [-0.39, 0.29) is 5.41 Å². The van der Waals surface area contributed by atoms with Gasteiger partial charge in [-0.15, -0.1) is 0 Å². The van der Waals surface area contributed by atoms with Crippen molar-refractivity contribution in [3.05, 3.63) is 17.6 Å². The normalized spacial score (nSPS) is 13.7. The molecule has 0 aliphatic rings. The lowest BCUT2D eigenvalue weighted by atomic mass is 9.92. The van der Waals surface area contributed by atoms with Crippen molar-refractivity contribution in [1.82, 2.24) is 9.97 Å². The molecule has 0 radical (unpaired) electrons. The Morgan fingerprint density at radius 1 is 1.40 bits per heavy atom. The first-order valence-electron chi connectivity index (χ1n) is 4.95. The second kappa shape index (κ2) is 4.14. The molecule has 1 aromatic rings. The summed E-state index contributed by atoms with van der Waals surface area (Å²) in [6.45, 7) is 7.80. The molecule has 4 nitrogen and oxygen atoms in total. The van der Waals surface area contributed by atoms with E-state index in [0.29, 0.717) is 11.6 Å². The molecule has 0 aromatic carbocycles. The predicted molar refractivity (Wildman–Crippen MR) is 57.9 cm³/mol. The lowest BCUT2D eigenvalue weighted by Gasteiger charge is -2.19. The fraction of sp³-hybridized carbons (Fsp3) is 0.636. The first kappa shape index (κ1) is 11.9. The fourth-order valence-corrected chi connectivity index (χ4v) is 1.18. The minimum atomic E-state index is -0.672. The molecule has 0 bridgehead atoms. The second-order valence-electron chi connectivity index (χ2n) is 4.58. The van der Waals surface area contributed by atoms with Crippen LogP contribution in [0.2, 0.25) is 0 Å². The Bertz CT molecular complexity index is 343. The third-order valence-corrected chi connectivity index (χ3v) is 2.12. The average molecular weight is 210 g/mol. The van der Waals surface area contributed by atoms with Gasteiger partial charge in [0.05, 0.1) is 25.1 Å². The number of aromatic nitrogens is 2. The van der Waals surface area contributed by atoms with Gasteiger partial charge in [-0.2, -0.15) is 0 Å². The molecule has 1 N–H and O–H groups in total. The van der Waals surface area contributed by atoms with Gasteiger partial charge in [0.1, 0.15) is 5.69 Å². The van der Waals surface area contributed by atoms with Gasteiger partial charge in [0, 0.05) is 5.41 Å². The maximum absolute atomic E-state index is 9.54. The summed E-state index contributed by atoms with van der Waals surface area (Å²) in [7, 11) is 1.52. The lowest BCUT2D eigenvalue weighted by molar-refractivity contribution is 0.186. The van der Waals surface area contributed by atoms with Gasteiger partial charge in [0.25, 0.3) is 0 Å². The van der Waals surface area contributed by atoms with Gasteiger partial charge in [-0.1, -0.05) is 20.8 Å². The summed E-state index contributed by atoms with van der Waals surface area (Å²) in [6.07, 6.45) is 1.01. The zero-order chi connectivity index (χ0) is 11.6. The van der Waals surface area contributed by atoms with Crippen LogP contribution in [0.15, 0.2) is 6.20 Å². The van der Waals surface area contributed by atoms with Crippen LogP contribution < -0.4 is 4.74 Å². The van der Waals surface area contributed by atoms with E-state index >= 15 is 0 Å². The van der Waals surface area contributed by atoms with Gasteiger partial charge in [0.15, 0.2) is 0 Å². The van der Waals surface area contributed by atoms with E-state index < -0.39 is 6.10 Å². The van der Waals surface area contributed by atoms with E-state index in [1.807, 2.05) is 0 Å². The highest BCUT2D eigenvalue weighted by molar-refractivity contribution is 5.24. The van der Waals surface area contributed by atoms with Crippen molar-refractivity contribution >= 4 is 0 Å². The molecule has 84 valence electrons. The van der Waals surface area contributed by atoms with Gasteiger partial charge in [-0.25, -0.2) is 9.97 Å². The van der Waals surface area contributed by atoms with E-state index in [2.05, 4.69) is 30.7 Å². The molecule has 0 fully saturated rings. The molecule has 0 aliphatic carbocycles. The largest absolute Gasteiger partial charge is 0.480 e. The molecule has 0 saturated heterocycles. The number of nitrogens with zero attached hydrogens (tertiary/aromatic N) is 2. The summed E-state index contributed by atoms with van der Waals surface area (Å²) in [4.78, 5) is 8.52. The SMILES string of the molecule is COc1ncc(C(C)(C)C)nc1C(C)O. The van der Waals surface area contributed by atoms with Crippen LogP contribution in [0.4, 0.5) is 0 Å². The van der Waals surface area contributed by atoms with E-state index in [1.165, 1.54) is 7.11 Å². The van der Waals surface area contributed by atoms with Gasteiger partial charge in [-0.3, -0.25) is 0 Å². The fourth-order valence-electron chi connectivity index (χ4n) is 1.18. The highest BCUT2D eigenvalue weighted by atomic mass is 16.5. The molecule has 1 unspecified atom stereocenters. The Balaban J connectivity index is 3.22. The number of ether oxygens (including phenoxy) is 1. The minimum absolute atomic E-state index is 0.0804. The van der Waals surface area contributed by atoms with Crippen LogP contribution in [0.25, 0.3) is 0 Å². The molecular formula is C11H18N2O2. The molecule has 1 heterocycles. The van der Waals surface area contributed by atoms with Crippen molar-refractivity contribution in [2.24, 2.45) is 0 Å². The summed E-state index contributed by atoms with van der Waals surface area (Å²) in [5.41, 5.74) is 1.26. The number of aliphatic hydroxyl groups excluding tert-OH is 1. The maximum Gasteiger partial charge on any atom is 0.238 e. The lowest BCUT2D eigenvalue weighted by Crippen LogP contribution is -2.16. The first-order valence-corrected chi connectivity index (χ1v) is 4.95. The van der Waals surface area contributed by atoms with E-state index in [4.69, 9.17) is 4.74 Å². The maximum atomic E-state index is 9.54. The molecular weight excluding hydrogens is 192 g/mol. The Morgan fingerprint density at radius 2 is 2.00 bits per heavy atom. The summed E-state index contributed by atoms with van der Waals surface area (Å²) < 4.78 is 5.04. The number of methoxy groups -OCH3 is 1. The highest BCUT2D eigenvalue weighted by Crippen LogP contribution is 2.25. The van der Waals surface area contributed by atoms with Crippen molar-refractivity contribution in [1.29, 1.82) is 0 Å². The minimum Gasteiger partial charge on any atom is -0.480 e. The van der Waals surface area contributed by atoms with Crippen LogP contribution >= 0.6 is 0 Å². The monoisotopic (exact) mass is 210 g/mol. The average Bonchev–Trinajstić information content (AvgIpc) is 2.15. The van der Waals surface area contributed by atoms with Crippen LogP contribution in [-0.2, 0) is 5.41 Å². The molecule has 0 saturated carbocycles. The molecule has 1 atom stereocenters. The van der Waals surface area contributed by atoms with E-state index in [1.54, 1.807) is 13.1 Å². The summed E-state index contributed by atoms with van der Waals surface area (Å²) >= 11 is 0. The summed E-state index contributed by atoms with van der Waals surface area (Å²) in [5.74, 6) is 0.387. The number of rotatable bonds is 2. The Hall–Kier alpha value is -1.16. The quantitative estimate of drug-likeness (QED) is 0.809. The molecule has 0 spiro atoms. The van der Waals surface area contributed by atoms with Crippen molar-refractivity contribution in [3.63, 3.8) is 0 Å². The molecule has 1 aromatic heterocycles. The van der Waals surface area contributed by atoms with Gasteiger partial charge < -0.3 is 9.84 Å².